The first-order chi connectivity index (χ1) is 8.85. The smallest absolute Gasteiger partial charge is 0.0709 e. The van der Waals surface area contributed by atoms with E-state index in [1.165, 1.54) is 10.8 Å². The van der Waals surface area contributed by atoms with Crippen LogP contribution in [0.15, 0.2) is 54.6 Å². The number of aliphatic hydroxyl groups is 1. The fourth-order valence-corrected chi connectivity index (χ4v) is 1.72. The summed E-state index contributed by atoms with van der Waals surface area (Å²) < 4.78 is 0. The monoisotopic (exact) mass is 239 g/mol. The van der Waals surface area contributed by atoms with Gasteiger partial charge in [0.15, 0.2) is 0 Å². The van der Waals surface area contributed by atoms with Gasteiger partial charge in [-0.25, -0.2) is 4.98 Å². The molecule has 0 saturated carbocycles. The Morgan fingerprint density at radius 1 is 0.889 bits per heavy atom. The van der Waals surface area contributed by atoms with Gasteiger partial charge < -0.3 is 5.11 Å². The molecule has 0 bridgehead atoms. The maximum absolute atomic E-state index is 7.88. The van der Waals surface area contributed by atoms with Gasteiger partial charge in [-0.1, -0.05) is 43.3 Å². The second kappa shape index (κ2) is 6.12. The van der Waals surface area contributed by atoms with Crippen molar-refractivity contribution in [1.29, 1.82) is 0 Å². The maximum atomic E-state index is 7.88. The summed E-state index contributed by atoms with van der Waals surface area (Å²) in [7, 11) is 0. The average molecular weight is 239 g/mol. The van der Waals surface area contributed by atoms with E-state index in [-0.39, 0.29) is 0 Å². The number of pyridine rings is 1. The predicted octanol–water partition coefficient (Wildman–Crippen LogP) is 3.78. The van der Waals surface area contributed by atoms with E-state index in [0.29, 0.717) is 6.61 Å². The van der Waals surface area contributed by atoms with Crippen LogP contribution in [0.5, 0.6) is 0 Å². The molecule has 1 aromatic heterocycles. The molecular formula is C16H17NO. The van der Waals surface area contributed by atoms with Crippen LogP contribution in [0.1, 0.15) is 13.3 Å². The molecule has 0 spiro atoms. The van der Waals surface area contributed by atoms with Crippen molar-refractivity contribution in [2.75, 3.05) is 6.61 Å². The van der Waals surface area contributed by atoms with Crippen molar-refractivity contribution in [2.45, 2.75) is 13.3 Å². The largest absolute Gasteiger partial charge is 0.396 e. The molecule has 0 atom stereocenters. The second-order valence-electron chi connectivity index (χ2n) is 4.10. The van der Waals surface area contributed by atoms with Crippen molar-refractivity contribution in [1.82, 2.24) is 4.98 Å². The number of aromatic nitrogens is 1. The zero-order valence-electron chi connectivity index (χ0n) is 10.5. The molecular weight excluding hydrogens is 222 g/mol. The first-order valence-electron chi connectivity index (χ1n) is 6.20. The Hall–Kier alpha value is -1.93. The fourth-order valence-electron chi connectivity index (χ4n) is 1.72. The molecule has 92 valence electrons. The highest BCUT2D eigenvalue weighted by Gasteiger charge is 1.96. The molecule has 0 aliphatic rings. The van der Waals surface area contributed by atoms with E-state index < -0.39 is 0 Å². The first kappa shape index (κ1) is 12.5. The molecule has 0 unspecified atom stereocenters. The SMILES string of the molecule is CCCO.c1ccc2nc3ccccc3cc2c1. The van der Waals surface area contributed by atoms with E-state index in [9.17, 15) is 0 Å². The van der Waals surface area contributed by atoms with Gasteiger partial charge in [-0.3, -0.25) is 0 Å². The molecule has 3 aromatic rings. The van der Waals surface area contributed by atoms with Crippen LogP contribution in [-0.4, -0.2) is 16.7 Å². The molecule has 0 aliphatic carbocycles. The Morgan fingerprint density at radius 3 is 1.78 bits per heavy atom. The summed E-state index contributed by atoms with van der Waals surface area (Å²) in [6, 6.07) is 18.6. The number of hydrogen-bond donors (Lipinski definition) is 1. The van der Waals surface area contributed by atoms with Gasteiger partial charge >= 0.3 is 0 Å². The Balaban J connectivity index is 0.000000267. The Labute approximate surface area is 107 Å². The number of para-hydroxylation sites is 2. The summed E-state index contributed by atoms with van der Waals surface area (Å²) in [6.07, 6.45) is 0.875. The Kier molecular flexibility index (Phi) is 4.26. The Morgan fingerprint density at radius 2 is 1.33 bits per heavy atom. The minimum absolute atomic E-state index is 0.319. The quantitative estimate of drug-likeness (QED) is 0.656. The standard InChI is InChI=1S/C13H9N.C3H8O/c1-3-7-12-10(5-1)9-11-6-2-4-8-13(11)14-12;1-2-3-4/h1-9H;4H,2-3H2,1H3. The minimum Gasteiger partial charge on any atom is -0.396 e. The highest BCUT2D eigenvalue weighted by Crippen LogP contribution is 2.18. The van der Waals surface area contributed by atoms with E-state index in [0.717, 1.165) is 17.5 Å². The summed E-state index contributed by atoms with van der Waals surface area (Å²) in [4.78, 5) is 4.58. The Bertz CT molecular complexity index is 527. The van der Waals surface area contributed by atoms with Crippen molar-refractivity contribution in [2.24, 2.45) is 0 Å². The highest BCUT2D eigenvalue weighted by molar-refractivity contribution is 5.92. The lowest BCUT2D eigenvalue weighted by molar-refractivity contribution is 0.295. The number of aliphatic hydroxyl groups excluding tert-OH is 1. The molecule has 18 heavy (non-hydrogen) atoms. The number of fused-ring (bicyclic) bond motifs is 2. The summed E-state index contributed by atoms with van der Waals surface area (Å²) in [6.45, 7) is 2.25. The topological polar surface area (TPSA) is 33.1 Å². The van der Waals surface area contributed by atoms with Crippen molar-refractivity contribution in [3.63, 3.8) is 0 Å². The molecule has 2 aromatic carbocycles. The second-order valence-corrected chi connectivity index (χ2v) is 4.10. The van der Waals surface area contributed by atoms with Crippen molar-refractivity contribution < 1.29 is 5.11 Å². The van der Waals surface area contributed by atoms with Gasteiger partial charge in [-0.2, -0.15) is 0 Å². The van der Waals surface area contributed by atoms with Gasteiger partial charge in [0.2, 0.25) is 0 Å². The number of nitrogens with zero attached hydrogens (tertiary/aromatic N) is 1. The van der Waals surface area contributed by atoms with Gasteiger partial charge in [0.1, 0.15) is 0 Å². The highest BCUT2D eigenvalue weighted by atomic mass is 16.2. The van der Waals surface area contributed by atoms with E-state index in [4.69, 9.17) is 5.11 Å². The minimum atomic E-state index is 0.319. The fraction of sp³-hybridized carbons (Fsp3) is 0.188. The number of hydrogen-bond acceptors (Lipinski definition) is 2. The molecule has 2 nitrogen and oxygen atoms in total. The average Bonchev–Trinajstić information content (AvgIpc) is 2.45. The van der Waals surface area contributed by atoms with Crippen LogP contribution >= 0.6 is 0 Å². The van der Waals surface area contributed by atoms with Gasteiger partial charge in [-0.05, 0) is 24.6 Å². The van der Waals surface area contributed by atoms with Gasteiger partial charge in [0.25, 0.3) is 0 Å². The zero-order chi connectivity index (χ0) is 12.8. The molecule has 2 heteroatoms. The molecule has 0 fully saturated rings. The molecule has 0 radical (unpaired) electrons. The zero-order valence-corrected chi connectivity index (χ0v) is 10.5. The third-order valence-electron chi connectivity index (χ3n) is 2.65. The molecule has 1 heterocycles. The number of benzene rings is 2. The molecule has 0 aliphatic heterocycles. The van der Waals surface area contributed by atoms with Crippen LogP contribution in [-0.2, 0) is 0 Å². The van der Waals surface area contributed by atoms with E-state index in [1.807, 2.05) is 43.3 Å². The third-order valence-corrected chi connectivity index (χ3v) is 2.65. The van der Waals surface area contributed by atoms with Crippen LogP contribution < -0.4 is 0 Å². The van der Waals surface area contributed by atoms with Crippen molar-refractivity contribution >= 4 is 21.8 Å². The summed E-state index contributed by atoms with van der Waals surface area (Å²) in [5.74, 6) is 0. The number of rotatable bonds is 1. The predicted molar refractivity (Wildman–Crippen MR) is 76.6 cm³/mol. The van der Waals surface area contributed by atoms with Crippen LogP contribution in [0.3, 0.4) is 0 Å². The maximum Gasteiger partial charge on any atom is 0.0709 e. The van der Waals surface area contributed by atoms with Crippen LogP contribution in [0.2, 0.25) is 0 Å². The third kappa shape index (κ3) is 2.84. The van der Waals surface area contributed by atoms with Crippen LogP contribution in [0, 0.1) is 0 Å². The first-order valence-corrected chi connectivity index (χ1v) is 6.20. The summed E-state index contributed by atoms with van der Waals surface area (Å²) >= 11 is 0. The van der Waals surface area contributed by atoms with Gasteiger partial charge in [0.05, 0.1) is 11.0 Å². The van der Waals surface area contributed by atoms with Crippen LogP contribution in [0.25, 0.3) is 21.8 Å². The normalized spacial score (nSPS) is 10.1. The summed E-state index contributed by atoms with van der Waals surface area (Å²) in [5.41, 5.74) is 2.12. The molecule has 0 saturated heterocycles. The van der Waals surface area contributed by atoms with E-state index in [1.54, 1.807) is 0 Å². The van der Waals surface area contributed by atoms with Crippen LogP contribution in [0.4, 0.5) is 0 Å². The van der Waals surface area contributed by atoms with Gasteiger partial charge in [0, 0.05) is 17.4 Å². The lowest BCUT2D eigenvalue weighted by Crippen LogP contribution is -1.80. The van der Waals surface area contributed by atoms with E-state index >= 15 is 0 Å². The van der Waals surface area contributed by atoms with E-state index in [2.05, 4.69) is 23.2 Å². The lowest BCUT2D eigenvalue weighted by atomic mass is 10.1. The van der Waals surface area contributed by atoms with Crippen molar-refractivity contribution in [3.05, 3.63) is 54.6 Å². The molecule has 1 N–H and O–H groups in total. The molecule has 3 rings (SSSR count). The van der Waals surface area contributed by atoms with Crippen molar-refractivity contribution in [3.8, 4) is 0 Å². The summed E-state index contributed by atoms with van der Waals surface area (Å²) in [5, 5.41) is 10.3. The van der Waals surface area contributed by atoms with Gasteiger partial charge in [-0.15, -0.1) is 0 Å². The lowest BCUT2D eigenvalue weighted by Gasteiger charge is -1.99. The molecule has 0 amide bonds.